The molecular formula is C34H43N5O4. The van der Waals surface area contributed by atoms with Crippen LogP contribution in [0.4, 0.5) is 0 Å². The molecule has 1 unspecified atom stereocenters. The van der Waals surface area contributed by atoms with Gasteiger partial charge in [-0.15, -0.1) is 0 Å². The van der Waals surface area contributed by atoms with E-state index in [2.05, 4.69) is 27.5 Å². The lowest BCUT2D eigenvalue weighted by Gasteiger charge is -2.21. The molecule has 228 valence electrons. The number of hydrogen-bond donors (Lipinski definition) is 3. The molecule has 3 aromatic rings. The molecule has 0 fully saturated rings. The van der Waals surface area contributed by atoms with Crippen molar-refractivity contribution >= 4 is 17.7 Å². The van der Waals surface area contributed by atoms with Gasteiger partial charge < -0.3 is 25.6 Å². The molecule has 2 aromatic carbocycles. The van der Waals surface area contributed by atoms with Gasteiger partial charge >= 0.3 is 0 Å². The average molecular weight is 586 g/mol. The number of likely N-dealkylation sites (N-methyl/N-ethyl adjacent to an activating group) is 1. The highest BCUT2D eigenvalue weighted by molar-refractivity contribution is 5.97. The van der Waals surface area contributed by atoms with E-state index in [9.17, 15) is 14.4 Å². The lowest BCUT2D eigenvalue weighted by atomic mass is 10.0. The summed E-state index contributed by atoms with van der Waals surface area (Å²) in [5, 5.41) is 8.57. The normalized spacial score (nSPS) is 11.6. The van der Waals surface area contributed by atoms with Crippen LogP contribution >= 0.6 is 0 Å². The van der Waals surface area contributed by atoms with E-state index >= 15 is 0 Å². The summed E-state index contributed by atoms with van der Waals surface area (Å²) in [6.07, 6.45) is 2.43. The second-order valence-electron chi connectivity index (χ2n) is 11.2. The number of rotatable bonds is 16. The summed E-state index contributed by atoms with van der Waals surface area (Å²) in [6.45, 7) is 9.71. The van der Waals surface area contributed by atoms with Crippen molar-refractivity contribution in [1.29, 1.82) is 0 Å². The van der Waals surface area contributed by atoms with Gasteiger partial charge in [0.2, 0.25) is 11.8 Å². The minimum Gasteiger partial charge on any atom is -0.492 e. The molecule has 9 nitrogen and oxygen atoms in total. The Morgan fingerprint density at radius 1 is 0.953 bits per heavy atom. The smallest absolute Gasteiger partial charge is 0.251 e. The van der Waals surface area contributed by atoms with Crippen LogP contribution in [0, 0.1) is 5.92 Å². The van der Waals surface area contributed by atoms with Crippen molar-refractivity contribution < 1.29 is 19.1 Å². The number of aromatic nitrogens is 1. The zero-order valence-corrected chi connectivity index (χ0v) is 25.6. The summed E-state index contributed by atoms with van der Waals surface area (Å²) in [6, 6.07) is 19.6. The maximum atomic E-state index is 13.0. The molecule has 0 radical (unpaired) electrons. The van der Waals surface area contributed by atoms with E-state index in [0.717, 1.165) is 23.4 Å². The number of nitrogens with one attached hydrogen (secondary N) is 3. The Morgan fingerprint density at radius 3 is 2.37 bits per heavy atom. The molecule has 9 heteroatoms. The fraction of sp³-hybridized carbons (Fsp3) is 0.353. The van der Waals surface area contributed by atoms with E-state index in [1.807, 2.05) is 75.3 Å². The number of amides is 3. The second kappa shape index (κ2) is 16.8. The first-order valence-corrected chi connectivity index (χ1v) is 14.5. The zero-order chi connectivity index (χ0) is 31.2. The number of hydrogen-bond acceptors (Lipinski definition) is 6. The van der Waals surface area contributed by atoms with Crippen LogP contribution in [0.3, 0.4) is 0 Å². The fourth-order valence-corrected chi connectivity index (χ4v) is 4.24. The van der Waals surface area contributed by atoms with Gasteiger partial charge in [-0.3, -0.25) is 19.4 Å². The van der Waals surface area contributed by atoms with E-state index in [0.29, 0.717) is 29.9 Å². The number of nitrogens with zero attached hydrogens (tertiary/aromatic N) is 2. The standard InChI is InChI=1S/C34H43N5O4/c1-24(2)19-31(38-33(41)27-12-14-29(15-13-27)43-18-17-39(4)5)34(42)37-23-25(3)22-36-32(40)21-26-9-8-10-28(20-26)30-11-6-7-16-35-30/h6-16,20,24,31H,3,17-19,21-23H2,1-2,4-5H3,(H,36,40)(H,37,42)(H,38,41). The van der Waals surface area contributed by atoms with Crippen molar-refractivity contribution in [2.24, 2.45) is 5.92 Å². The molecule has 3 rings (SSSR count). The van der Waals surface area contributed by atoms with Gasteiger partial charge in [-0.05, 0) is 80.0 Å². The topological polar surface area (TPSA) is 113 Å². The molecule has 0 aliphatic carbocycles. The molecule has 0 aliphatic rings. The number of pyridine rings is 1. The van der Waals surface area contributed by atoms with Crippen LogP contribution in [0.15, 0.2) is 85.1 Å². The summed E-state index contributed by atoms with van der Waals surface area (Å²) in [4.78, 5) is 44.9. The monoisotopic (exact) mass is 585 g/mol. The Morgan fingerprint density at radius 2 is 1.70 bits per heavy atom. The van der Waals surface area contributed by atoms with Gasteiger partial charge in [-0.1, -0.05) is 44.7 Å². The largest absolute Gasteiger partial charge is 0.492 e. The van der Waals surface area contributed by atoms with Gasteiger partial charge in [0.25, 0.3) is 5.91 Å². The molecule has 0 saturated carbocycles. The lowest BCUT2D eigenvalue weighted by Crippen LogP contribution is -2.48. The van der Waals surface area contributed by atoms with Crippen LogP contribution < -0.4 is 20.7 Å². The van der Waals surface area contributed by atoms with Gasteiger partial charge in [0, 0.05) is 37.0 Å². The van der Waals surface area contributed by atoms with Crippen LogP contribution in [0.25, 0.3) is 11.3 Å². The van der Waals surface area contributed by atoms with Crippen molar-refractivity contribution in [3.8, 4) is 17.0 Å². The molecular weight excluding hydrogens is 542 g/mol. The number of carbonyl (C=O) groups excluding carboxylic acids is 3. The highest BCUT2D eigenvalue weighted by Gasteiger charge is 2.22. The Balaban J connectivity index is 1.45. The van der Waals surface area contributed by atoms with Gasteiger partial charge in [-0.2, -0.15) is 0 Å². The highest BCUT2D eigenvalue weighted by atomic mass is 16.5. The maximum absolute atomic E-state index is 13.0. The van der Waals surface area contributed by atoms with Gasteiger partial charge in [0.15, 0.2) is 0 Å². The minimum atomic E-state index is -0.711. The average Bonchev–Trinajstić information content (AvgIpc) is 2.99. The van der Waals surface area contributed by atoms with Crippen LogP contribution in [-0.4, -0.2) is 74.0 Å². The van der Waals surface area contributed by atoms with Crippen LogP contribution in [0.2, 0.25) is 0 Å². The van der Waals surface area contributed by atoms with E-state index in [1.54, 1.807) is 30.5 Å². The van der Waals surface area contributed by atoms with E-state index in [1.165, 1.54) is 0 Å². The van der Waals surface area contributed by atoms with Crippen LogP contribution in [-0.2, 0) is 16.0 Å². The molecule has 0 aliphatic heterocycles. The van der Waals surface area contributed by atoms with Gasteiger partial charge in [0.05, 0.1) is 12.1 Å². The first kappa shape index (κ1) is 33.0. The molecule has 43 heavy (non-hydrogen) atoms. The number of benzene rings is 2. The SMILES string of the molecule is C=C(CNC(=O)Cc1cccc(-c2ccccn2)c1)CNC(=O)C(CC(C)C)NC(=O)c1ccc(OCCN(C)C)cc1. The summed E-state index contributed by atoms with van der Waals surface area (Å²) < 4.78 is 5.69. The van der Waals surface area contributed by atoms with Crippen molar-refractivity contribution in [1.82, 2.24) is 25.8 Å². The first-order valence-electron chi connectivity index (χ1n) is 14.5. The summed E-state index contributed by atoms with van der Waals surface area (Å²) >= 11 is 0. The Labute approximate surface area is 254 Å². The fourth-order valence-electron chi connectivity index (χ4n) is 4.24. The van der Waals surface area contributed by atoms with E-state index in [4.69, 9.17) is 4.74 Å². The Bertz CT molecular complexity index is 1360. The van der Waals surface area contributed by atoms with Crippen LogP contribution in [0.5, 0.6) is 5.75 Å². The van der Waals surface area contributed by atoms with Crippen molar-refractivity contribution in [2.75, 3.05) is 40.3 Å². The van der Waals surface area contributed by atoms with Crippen molar-refractivity contribution in [3.05, 3.63) is 96.2 Å². The predicted octanol–water partition coefficient (Wildman–Crippen LogP) is 3.86. The third kappa shape index (κ3) is 11.7. The molecule has 1 heterocycles. The zero-order valence-electron chi connectivity index (χ0n) is 25.6. The summed E-state index contributed by atoms with van der Waals surface area (Å²) in [5.41, 5.74) is 3.75. The molecule has 3 N–H and O–H groups in total. The summed E-state index contributed by atoms with van der Waals surface area (Å²) in [5.74, 6) is 0.0775. The molecule has 3 amide bonds. The van der Waals surface area contributed by atoms with Gasteiger partial charge in [-0.25, -0.2) is 0 Å². The second-order valence-corrected chi connectivity index (χ2v) is 11.2. The van der Waals surface area contributed by atoms with Crippen molar-refractivity contribution in [2.45, 2.75) is 32.7 Å². The van der Waals surface area contributed by atoms with E-state index < -0.39 is 6.04 Å². The first-order chi connectivity index (χ1) is 20.6. The lowest BCUT2D eigenvalue weighted by molar-refractivity contribution is -0.123. The highest BCUT2D eigenvalue weighted by Crippen LogP contribution is 2.18. The third-order valence-corrected chi connectivity index (χ3v) is 6.55. The predicted molar refractivity (Wildman–Crippen MR) is 170 cm³/mol. The molecule has 1 atom stereocenters. The minimum absolute atomic E-state index is 0.148. The molecule has 0 spiro atoms. The van der Waals surface area contributed by atoms with Crippen LogP contribution in [0.1, 0.15) is 36.2 Å². The maximum Gasteiger partial charge on any atom is 0.251 e. The Kier molecular flexibility index (Phi) is 12.9. The molecule has 1 aromatic heterocycles. The molecule has 0 saturated heterocycles. The third-order valence-electron chi connectivity index (χ3n) is 6.55. The van der Waals surface area contributed by atoms with Crippen molar-refractivity contribution in [3.63, 3.8) is 0 Å². The number of carbonyl (C=O) groups is 3. The van der Waals surface area contributed by atoms with Gasteiger partial charge in [0.1, 0.15) is 18.4 Å². The number of ether oxygens (including phenoxy) is 1. The summed E-state index contributed by atoms with van der Waals surface area (Å²) in [7, 11) is 3.95. The molecule has 0 bridgehead atoms. The van der Waals surface area contributed by atoms with E-state index in [-0.39, 0.29) is 43.1 Å². The Hall–Kier alpha value is -4.50. The quantitative estimate of drug-likeness (QED) is 0.220.